The number of hydrogen-bond donors (Lipinski definition) is 1. The van der Waals surface area contributed by atoms with Crippen LogP contribution in [-0.4, -0.2) is 43.2 Å². The van der Waals surface area contributed by atoms with Gasteiger partial charge in [0.15, 0.2) is 0 Å². The zero-order valence-electron chi connectivity index (χ0n) is 15.1. The zero-order valence-corrected chi connectivity index (χ0v) is 15.1. The first-order valence-electron chi connectivity index (χ1n) is 10.00. The van der Waals surface area contributed by atoms with E-state index in [1.165, 1.54) is 55.5 Å². The van der Waals surface area contributed by atoms with Crippen LogP contribution in [0.1, 0.15) is 48.8 Å². The minimum absolute atomic E-state index is 0.130. The molecule has 4 rings (SSSR count). The van der Waals surface area contributed by atoms with Crippen LogP contribution in [-0.2, 0) is 28.9 Å². The predicted octanol–water partition coefficient (Wildman–Crippen LogP) is 2.68. The summed E-state index contributed by atoms with van der Waals surface area (Å²) in [6.45, 7) is 4.48. The third-order valence-corrected chi connectivity index (χ3v) is 6.26. The number of carbonyl (C=O) groups is 1. The van der Waals surface area contributed by atoms with Crippen LogP contribution in [0.3, 0.4) is 0 Å². The standard InChI is InChI=1S/C21H30N2O2/c24-21(18-8-12-25-13-9-18)22-15-16-4-5-17-6-10-23(20-2-1-3-20)11-7-19(17)14-16/h4-5,14,18,20H,1-3,6-13,15H2,(H,22,24). The van der Waals surface area contributed by atoms with Gasteiger partial charge in [-0.2, -0.15) is 0 Å². The van der Waals surface area contributed by atoms with E-state index in [0.717, 1.165) is 25.3 Å². The highest BCUT2D eigenvalue weighted by molar-refractivity contribution is 5.78. The molecule has 1 saturated heterocycles. The molecule has 25 heavy (non-hydrogen) atoms. The van der Waals surface area contributed by atoms with Gasteiger partial charge in [0.2, 0.25) is 5.91 Å². The van der Waals surface area contributed by atoms with E-state index in [-0.39, 0.29) is 11.8 Å². The van der Waals surface area contributed by atoms with E-state index in [9.17, 15) is 4.79 Å². The second kappa shape index (κ2) is 7.88. The van der Waals surface area contributed by atoms with E-state index >= 15 is 0 Å². The van der Waals surface area contributed by atoms with Gasteiger partial charge < -0.3 is 10.1 Å². The van der Waals surface area contributed by atoms with E-state index in [4.69, 9.17) is 4.74 Å². The minimum Gasteiger partial charge on any atom is -0.381 e. The van der Waals surface area contributed by atoms with Crippen LogP contribution >= 0.6 is 0 Å². The average Bonchev–Trinajstić information content (AvgIpc) is 2.81. The molecule has 2 heterocycles. The molecule has 2 fully saturated rings. The van der Waals surface area contributed by atoms with Crippen LogP contribution < -0.4 is 5.32 Å². The molecule has 1 aromatic rings. The van der Waals surface area contributed by atoms with E-state index < -0.39 is 0 Å². The number of nitrogens with one attached hydrogen (secondary N) is 1. The van der Waals surface area contributed by atoms with Gasteiger partial charge >= 0.3 is 0 Å². The fraction of sp³-hybridized carbons (Fsp3) is 0.667. The number of benzene rings is 1. The second-order valence-corrected chi connectivity index (χ2v) is 7.83. The highest BCUT2D eigenvalue weighted by Crippen LogP contribution is 2.27. The molecular formula is C21H30N2O2. The van der Waals surface area contributed by atoms with Crippen LogP contribution in [0.15, 0.2) is 18.2 Å². The predicted molar refractivity (Wildman–Crippen MR) is 98.5 cm³/mol. The lowest BCUT2D eigenvalue weighted by atomic mass is 9.91. The number of carbonyl (C=O) groups excluding carboxylic acids is 1. The molecule has 1 N–H and O–H groups in total. The lowest BCUT2D eigenvalue weighted by molar-refractivity contribution is -0.128. The molecule has 1 saturated carbocycles. The molecule has 3 aliphatic rings. The number of amides is 1. The first kappa shape index (κ1) is 17.0. The highest BCUT2D eigenvalue weighted by Gasteiger charge is 2.26. The Labute approximate surface area is 150 Å². The van der Waals surface area contributed by atoms with Crippen molar-refractivity contribution >= 4 is 5.91 Å². The van der Waals surface area contributed by atoms with Crippen LogP contribution in [0, 0.1) is 5.92 Å². The lowest BCUT2D eigenvalue weighted by Gasteiger charge is -2.36. The van der Waals surface area contributed by atoms with Gasteiger partial charge in [-0.3, -0.25) is 9.69 Å². The van der Waals surface area contributed by atoms with Crippen LogP contribution in [0.2, 0.25) is 0 Å². The fourth-order valence-corrected chi connectivity index (χ4v) is 4.32. The Hall–Kier alpha value is -1.39. The van der Waals surface area contributed by atoms with Crippen molar-refractivity contribution in [3.05, 3.63) is 34.9 Å². The second-order valence-electron chi connectivity index (χ2n) is 7.83. The molecule has 4 nitrogen and oxygen atoms in total. The smallest absolute Gasteiger partial charge is 0.223 e. The van der Waals surface area contributed by atoms with Crippen molar-refractivity contribution < 1.29 is 9.53 Å². The number of rotatable bonds is 4. The summed E-state index contributed by atoms with van der Waals surface area (Å²) in [6, 6.07) is 7.65. The van der Waals surface area contributed by atoms with Gasteiger partial charge in [0, 0.05) is 44.8 Å². The van der Waals surface area contributed by atoms with E-state index in [2.05, 4.69) is 28.4 Å². The summed E-state index contributed by atoms with van der Waals surface area (Å²) in [5.41, 5.74) is 4.22. The summed E-state index contributed by atoms with van der Waals surface area (Å²) < 4.78 is 5.34. The van der Waals surface area contributed by atoms with E-state index in [1.807, 2.05) is 0 Å². The number of nitrogens with zero attached hydrogens (tertiary/aromatic N) is 1. The molecule has 1 aromatic carbocycles. The summed E-state index contributed by atoms with van der Waals surface area (Å²) in [5.74, 6) is 0.319. The van der Waals surface area contributed by atoms with Crippen molar-refractivity contribution in [2.24, 2.45) is 5.92 Å². The topological polar surface area (TPSA) is 41.6 Å². The quantitative estimate of drug-likeness (QED) is 0.915. The SMILES string of the molecule is O=C(NCc1ccc2c(c1)CCN(C1CCC1)CC2)C1CCOCC1. The van der Waals surface area contributed by atoms with Crippen molar-refractivity contribution in [3.63, 3.8) is 0 Å². The molecule has 0 unspecified atom stereocenters. The molecule has 1 amide bonds. The van der Waals surface area contributed by atoms with E-state index in [1.54, 1.807) is 0 Å². The largest absolute Gasteiger partial charge is 0.381 e. The average molecular weight is 342 g/mol. The molecule has 0 atom stereocenters. The molecule has 2 aliphatic heterocycles. The molecule has 136 valence electrons. The summed E-state index contributed by atoms with van der Waals surface area (Å²) in [6.07, 6.45) is 8.21. The lowest BCUT2D eigenvalue weighted by Crippen LogP contribution is -2.41. The first-order valence-corrected chi connectivity index (χ1v) is 10.00. The van der Waals surface area contributed by atoms with Gasteiger partial charge in [-0.25, -0.2) is 0 Å². The van der Waals surface area contributed by atoms with Crippen molar-refractivity contribution in [1.29, 1.82) is 0 Å². The third kappa shape index (κ3) is 4.06. The van der Waals surface area contributed by atoms with Gasteiger partial charge in [-0.05, 0) is 55.2 Å². The molecular weight excluding hydrogens is 312 g/mol. The van der Waals surface area contributed by atoms with Crippen molar-refractivity contribution in [1.82, 2.24) is 10.2 Å². The minimum atomic E-state index is 0.130. The Morgan fingerprint density at radius 1 is 1.08 bits per heavy atom. The number of fused-ring (bicyclic) bond motifs is 1. The van der Waals surface area contributed by atoms with Crippen molar-refractivity contribution in [2.45, 2.75) is 57.5 Å². The number of hydrogen-bond acceptors (Lipinski definition) is 3. The monoisotopic (exact) mass is 342 g/mol. The molecule has 0 bridgehead atoms. The van der Waals surface area contributed by atoms with Gasteiger partial charge in [-0.15, -0.1) is 0 Å². The maximum Gasteiger partial charge on any atom is 0.223 e. The number of ether oxygens (including phenoxy) is 1. The summed E-state index contributed by atoms with van der Waals surface area (Å²) in [7, 11) is 0. The molecule has 4 heteroatoms. The summed E-state index contributed by atoms with van der Waals surface area (Å²) in [4.78, 5) is 15.0. The normalized spacial score (nSPS) is 22.7. The molecule has 0 spiro atoms. The van der Waals surface area contributed by atoms with Crippen LogP contribution in [0.25, 0.3) is 0 Å². The summed E-state index contributed by atoms with van der Waals surface area (Å²) in [5, 5.41) is 3.13. The Bertz CT molecular complexity index is 606. The zero-order chi connectivity index (χ0) is 17.1. The highest BCUT2D eigenvalue weighted by atomic mass is 16.5. The van der Waals surface area contributed by atoms with Gasteiger partial charge in [0.05, 0.1) is 0 Å². The first-order chi connectivity index (χ1) is 12.3. The maximum atomic E-state index is 12.3. The summed E-state index contributed by atoms with van der Waals surface area (Å²) >= 11 is 0. The molecule has 0 radical (unpaired) electrons. The molecule has 1 aliphatic carbocycles. The van der Waals surface area contributed by atoms with Gasteiger partial charge in [0.25, 0.3) is 0 Å². The van der Waals surface area contributed by atoms with Crippen molar-refractivity contribution in [3.8, 4) is 0 Å². The van der Waals surface area contributed by atoms with Gasteiger partial charge in [-0.1, -0.05) is 24.6 Å². The van der Waals surface area contributed by atoms with E-state index in [0.29, 0.717) is 19.8 Å². The Balaban J connectivity index is 1.33. The maximum absolute atomic E-state index is 12.3. The van der Waals surface area contributed by atoms with Crippen molar-refractivity contribution in [2.75, 3.05) is 26.3 Å². The Kier molecular flexibility index (Phi) is 5.37. The van der Waals surface area contributed by atoms with Crippen LogP contribution in [0.4, 0.5) is 0 Å². The Morgan fingerprint density at radius 2 is 1.84 bits per heavy atom. The molecule has 0 aromatic heterocycles. The third-order valence-electron chi connectivity index (χ3n) is 6.26. The Morgan fingerprint density at radius 3 is 2.56 bits per heavy atom. The van der Waals surface area contributed by atoms with Crippen LogP contribution in [0.5, 0.6) is 0 Å². The fourth-order valence-electron chi connectivity index (χ4n) is 4.32. The van der Waals surface area contributed by atoms with Gasteiger partial charge in [0.1, 0.15) is 0 Å².